The number of benzene rings is 2. The van der Waals surface area contributed by atoms with Gasteiger partial charge in [0.25, 0.3) is 5.91 Å². The molecular formula is C20H16ClN5O. The quantitative estimate of drug-likeness (QED) is 0.692. The fourth-order valence-electron chi connectivity index (χ4n) is 2.45. The highest BCUT2D eigenvalue weighted by Gasteiger charge is 2.12. The van der Waals surface area contributed by atoms with Gasteiger partial charge < -0.3 is 10.6 Å². The predicted octanol–water partition coefficient (Wildman–Crippen LogP) is 4.61. The van der Waals surface area contributed by atoms with Gasteiger partial charge in [-0.25, -0.2) is 9.97 Å². The van der Waals surface area contributed by atoms with Gasteiger partial charge in [-0.2, -0.15) is 5.26 Å². The highest BCUT2D eigenvalue weighted by Crippen LogP contribution is 2.23. The first-order chi connectivity index (χ1) is 12.9. The second kappa shape index (κ2) is 7.85. The molecule has 3 aromatic rings. The molecule has 2 N–H and O–H groups in total. The van der Waals surface area contributed by atoms with E-state index in [0.717, 1.165) is 11.3 Å². The maximum atomic E-state index is 12.6. The number of carbonyl (C=O) groups is 1. The topological polar surface area (TPSA) is 90.7 Å². The molecule has 3 rings (SSSR count). The molecule has 0 atom stereocenters. The Morgan fingerprint density at radius 1 is 1.11 bits per heavy atom. The lowest BCUT2D eigenvalue weighted by molar-refractivity contribution is 0.102. The number of aromatic nitrogens is 2. The van der Waals surface area contributed by atoms with Gasteiger partial charge in [-0.15, -0.1) is 0 Å². The Morgan fingerprint density at radius 3 is 2.70 bits per heavy atom. The van der Waals surface area contributed by atoms with E-state index in [2.05, 4.69) is 20.6 Å². The number of aryl methyl sites for hydroxylation is 2. The van der Waals surface area contributed by atoms with E-state index in [1.54, 1.807) is 49.4 Å². The second-order valence-electron chi connectivity index (χ2n) is 5.95. The van der Waals surface area contributed by atoms with Gasteiger partial charge in [0, 0.05) is 22.1 Å². The van der Waals surface area contributed by atoms with Crippen LogP contribution in [0, 0.1) is 25.2 Å². The number of nitrogens with zero attached hydrogens (tertiary/aromatic N) is 3. The van der Waals surface area contributed by atoms with E-state index >= 15 is 0 Å². The monoisotopic (exact) mass is 377 g/mol. The van der Waals surface area contributed by atoms with Crippen LogP contribution in [0.15, 0.2) is 48.5 Å². The van der Waals surface area contributed by atoms with Gasteiger partial charge in [-0.05, 0) is 55.8 Å². The molecule has 1 aromatic heterocycles. The average Bonchev–Trinajstić information content (AvgIpc) is 2.64. The summed E-state index contributed by atoms with van der Waals surface area (Å²) in [6.07, 6.45) is 0. The number of nitrogens with one attached hydrogen (secondary N) is 2. The van der Waals surface area contributed by atoms with E-state index in [4.69, 9.17) is 16.9 Å². The van der Waals surface area contributed by atoms with Gasteiger partial charge in [0.1, 0.15) is 5.69 Å². The summed E-state index contributed by atoms with van der Waals surface area (Å²) in [7, 11) is 0. The van der Waals surface area contributed by atoms with Crippen molar-refractivity contribution in [2.45, 2.75) is 13.8 Å². The van der Waals surface area contributed by atoms with Crippen LogP contribution in [0.4, 0.5) is 17.3 Å². The average molecular weight is 378 g/mol. The van der Waals surface area contributed by atoms with Crippen LogP contribution in [0.5, 0.6) is 0 Å². The molecule has 0 saturated carbocycles. The Hall–Kier alpha value is -3.43. The van der Waals surface area contributed by atoms with E-state index in [9.17, 15) is 4.79 Å². The molecule has 0 radical (unpaired) electrons. The third-order valence-corrected chi connectivity index (χ3v) is 4.02. The molecule has 0 unspecified atom stereocenters. The predicted molar refractivity (Wildman–Crippen MR) is 105 cm³/mol. The molecule has 1 amide bonds. The van der Waals surface area contributed by atoms with E-state index < -0.39 is 0 Å². The second-order valence-corrected chi connectivity index (χ2v) is 6.39. The lowest BCUT2D eigenvalue weighted by Gasteiger charge is -2.11. The number of anilines is 3. The van der Waals surface area contributed by atoms with E-state index in [1.165, 1.54) is 0 Å². The summed E-state index contributed by atoms with van der Waals surface area (Å²) in [6, 6.07) is 15.8. The summed E-state index contributed by atoms with van der Waals surface area (Å²) in [4.78, 5) is 21.2. The Kier molecular flexibility index (Phi) is 5.34. The Morgan fingerprint density at radius 2 is 1.93 bits per heavy atom. The van der Waals surface area contributed by atoms with Crippen molar-refractivity contribution in [3.05, 3.63) is 76.1 Å². The zero-order valence-corrected chi connectivity index (χ0v) is 15.5. The van der Waals surface area contributed by atoms with Crippen molar-refractivity contribution in [1.82, 2.24) is 9.97 Å². The van der Waals surface area contributed by atoms with Crippen molar-refractivity contribution in [1.29, 1.82) is 5.26 Å². The number of amides is 1. The van der Waals surface area contributed by atoms with Crippen LogP contribution in [0.2, 0.25) is 5.02 Å². The van der Waals surface area contributed by atoms with Crippen molar-refractivity contribution in [3.63, 3.8) is 0 Å². The minimum Gasteiger partial charge on any atom is -0.324 e. The fourth-order valence-corrected chi connectivity index (χ4v) is 2.62. The van der Waals surface area contributed by atoms with E-state index in [0.29, 0.717) is 27.9 Å². The third kappa shape index (κ3) is 4.60. The van der Waals surface area contributed by atoms with Gasteiger partial charge in [-0.1, -0.05) is 23.7 Å². The third-order valence-electron chi connectivity index (χ3n) is 3.78. The minimum atomic E-state index is -0.388. The van der Waals surface area contributed by atoms with Crippen LogP contribution in [0.25, 0.3) is 0 Å². The number of rotatable bonds is 4. The molecule has 0 fully saturated rings. The highest BCUT2D eigenvalue weighted by molar-refractivity contribution is 6.30. The van der Waals surface area contributed by atoms with E-state index in [1.807, 2.05) is 19.1 Å². The van der Waals surface area contributed by atoms with Crippen LogP contribution >= 0.6 is 11.6 Å². The Balaban J connectivity index is 1.85. The van der Waals surface area contributed by atoms with Crippen LogP contribution in [-0.2, 0) is 0 Å². The minimum absolute atomic E-state index is 0.215. The number of nitriles is 1. The van der Waals surface area contributed by atoms with Crippen LogP contribution < -0.4 is 10.6 Å². The standard InChI is InChI=1S/C20H16ClN5O/c1-12-6-7-15(21)10-17(12)25-20-23-13(2)8-18(26-20)19(27)24-16-5-3-4-14(9-16)11-22/h3-10H,1-2H3,(H,24,27)(H,23,25,26). The molecule has 0 aliphatic rings. The molecule has 1 heterocycles. The summed E-state index contributed by atoms with van der Waals surface area (Å²) in [6.45, 7) is 3.72. The van der Waals surface area contributed by atoms with Crippen LogP contribution in [0.3, 0.4) is 0 Å². The summed E-state index contributed by atoms with van der Waals surface area (Å²) in [5.74, 6) is -0.0854. The summed E-state index contributed by atoms with van der Waals surface area (Å²) in [5, 5.41) is 15.4. The first kappa shape index (κ1) is 18.4. The largest absolute Gasteiger partial charge is 0.324 e. The zero-order valence-electron chi connectivity index (χ0n) is 14.7. The van der Waals surface area contributed by atoms with Crippen LogP contribution in [-0.4, -0.2) is 15.9 Å². The molecule has 6 nitrogen and oxygen atoms in total. The number of halogens is 1. The molecule has 0 spiro atoms. The number of carbonyl (C=O) groups excluding carboxylic acids is 1. The SMILES string of the molecule is Cc1cc(C(=O)Nc2cccc(C#N)c2)nc(Nc2cc(Cl)ccc2C)n1. The number of hydrogen-bond acceptors (Lipinski definition) is 5. The molecular weight excluding hydrogens is 362 g/mol. The lowest BCUT2D eigenvalue weighted by Crippen LogP contribution is -2.15. The molecule has 0 bridgehead atoms. The van der Waals surface area contributed by atoms with Gasteiger partial charge in [-0.3, -0.25) is 4.79 Å². The first-order valence-corrected chi connectivity index (χ1v) is 8.53. The van der Waals surface area contributed by atoms with Gasteiger partial charge in [0.15, 0.2) is 0 Å². The first-order valence-electron chi connectivity index (χ1n) is 8.15. The molecule has 0 saturated heterocycles. The van der Waals surface area contributed by atoms with Gasteiger partial charge >= 0.3 is 0 Å². The maximum absolute atomic E-state index is 12.6. The van der Waals surface area contributed by atoms with Gasteiger partial charge in [0.05, 0.1) is 11.6 Å². The maximum Gasteiger partial charge on any atom is 0.274 e. The summed E-state index contributed by atoms with van der Waals surface area (Å²) >= 11 is 6.04. The van der Waals surface area contributed by atoms with Crippen molar-refractivity contribution in [2.24, 2.45) is 0 Å². The van der Waals surface area contributed by atoms with Gasteiger partial charge in [0.2, 0.25) is 5.95 Å². The summed E-state index contributed by atoms with van der Waals surface area (Å²) < 4.78 is 0. The van der Waals surface area contributed by atoms with E-state index in [-0.39, 0.29) is 11.6 Å². The smallest absolute Gasteiger partial charge is 0.274 e. The van der Waals surface area contributed by atoms with Crippen molar-refractivity contribution >= 4 is 34.8 Å². The van der Waals surface area contributed by atoms with Crippen molar-refractivity contribution < 1.29 is 4.79 Å². The molecule has 0 aliphatic heterocycles. The Bertz CT molecular complexity index is 1060. The summed E-state index contributed by atoms with van der Waals surface area (Å²) in [5.41, 5.74) is 3.58. The zero-order chi connectivity index (χ0) is 19.4. The number of hydrogen-bond donors (Lipinski definition) is 2. The molecule has 27 heavy (non-hydrogen) atoms. The molecule has 7 heteroatoms. The normalized spacial score (nSPS) is 10.1. The highest BCUT2D eigenvalue weighted by atomic mass is 35.5. The molecule has 134 valence electrons. The molecule has 0 aliphatic carbocycles. The fraction of sp³-hybridized carbons (Fsp3) is 0.100. The molecule has 2 aromatic carbocycles. The van der Waals surface area contributed by atoms with Crippen molar-refractivity contribution in [3.8, 4) is 6.07 Å². The lowest BCUT2D eigenvalue weighted by atomic mass is 10.2. The Labute approximate surface area is 161 Å². The van der Waals surface area contributed by atoms with Crippen LogP contribution in [0.1, 0.15) is 27.3 Å². The van der Waals surface area contributed by atoms with Crippen molar-refractivity contribution in [2.75, 3.05) is 10.6 Å².